The minimum absolute atomic E-state index is 0.0390. The van der Waals surface area contributed by atoms with Gasteiger partial charge in [-0.2, -0.15) is 0 Å². The minimum Gasteiger partial charge on any atom is -0.480 e. The Bertz CT molecular complexity index is 787. The molecule has 1 fully saturated rings. The van der Waals surface area contributed by atoms with E-state index >= 15 is 0 Å². The van der Waals surface area contributed by atoms with Crippen LogP contribution < -0.4 is 10.9 Å². The Morgan fingerprint density at radius 2 is 2.07 bits per heavy atom. The van der Waals surface area contributed by atoms with Crippen molar-refractivity contribution in [2.75, 3.05) is 18.4 Å². The zero-order valence-electron chi connectivity index (χ0n) is 15.9. The molecule has 1 amide bonds. The number of carboxylic acids is 1. The van der Waals surface area contributed by atoms with Crippen molar-refractivity contribution in [1.29, 1.82) is 0 Å². The van der Waals surface area contributed by atoms with Gasteiger partial charge in [-0.1, -0.05) is 11.6 Å². The van der Waals surface area contributed by atoms with Crippen LogP contribution in [0.15, 0.2) is 4.79 Å². The molecule has 0 unspecified atom stereocenters. The summed E-state index contributed by atoms with van der Waals surface area (Å²) in [6.45, 7) is 7.30. The number of hydrogen-bond acceptors (Lipinski definition) is 6. The van der Waals surface area contributed by atoms with E-state index in [1.165, 1.54) is 6.92 Å². The van der Waals surface area contributed by atoms with E-state index in [1.54, 1.807) is 25.7 Å². The maximum atomic E-state index is 12.5. The van der Waals surface area contributed by atoms with E-state index < -0.39 is 29.8 Å². The SMILES string of the molecule is Cc1c(Cl)nc(NC[C@@H]2CCCN2C(=O)OC(C)(C)C)c(=O)n1CC(=O)O. The molecule has 1 aromatic rings. The number of anilines is 1. The normalized spacial score (nSPS) is 17.1. The molecule has 0 aromatic carbocycles. The van der Waals surface area contributed by atoms with Crippen molar-refractivity contribution in [3.8, 4) is 0 Å². The molecule has 0 radical (unpaired) electrons. The minimum atomic E-state index is -1.15. The number of halogens is 1. The predicted molar refractivity (Wildman–Crippen MR) is 100 cm³/mol. The summed E-state index contributed by atoms with van der Waals surface area (Å²) in [6, 6.07) is -0.158. The summed E-state index contributed by atoms with van der Waals surface area (Å²) in [6.07, 6.45) is 1.19. The van der Waals surface area contributed by atoms with Crippen LogP contribution in [0.2, 0.25) is 5.15 Å². The number of carbonyl (C=O) groups excluding carboxylic acids is 1. The van der Waals surface area contributed by atoms with Gasteiger partial charge in [0.05, 0.1) is 11.7 Å². The molecule has 1 saturated heterocycles. The van der Waals surface area contributed by atoms with Gasteiger partial charge in [-0.05, 0) is 40.5 Å². The molecule has 2 N–H and O–H groups in total. The third-order valence-corrected chi connectivity index (χ3v) is 4.52. The first-order valence-corrected chi connectivity index (χ1v) is 9.09. The summed E-state index contributed by atoms with van der Waals surface area (Å²) in [4.78, 5) is 41.5. The first kappa shape index (κ1) is 21.0. The average Bonchev–Trinajstić information content (AvgIpc) is 3.00. The highest BCUT2D eigenvalue weighted by Crippen LogP contribution is 2.21. The van der Waals surface area contributed by atoms with Crippen LogP contribution in [-0.4, -0.2) is 56.4 Å². The number of amides is 1. The quantitative estimate of drug-likeness (QED) is 0.777. The lowest BCUT2D eigenvalue weighted by Gasteiger charge is -2.28. The fourth-order valence-electron chi connectivity index (χ4n) is 2.88. The number of rotatable bonds is 5. The molecule has 0 spiro atoms. The summed E-state index contributed by atoms with van der Waals surface area (Å²) >= 11 is 6.03. The number of nitrogens with zero attached hydrogens (tertiary/aromatic N) is 3. The highest BCUT2D eigenvalue weighted by atomic mass is 35.5. The van der Waals surface area contributed by atoms with E-state index in [1.807, 2.05) is 0 Å². The average molecular weight is 401 g/mol. The first-order chi connectivity index (χ1) is 12.5. The van der Waals surface area contributed by atoms with Crippen LogP contribution in [0.5, 0.6) is 0 Å². The van der Waals surface area contributed by atoms with Crippen LogP contribution >= 0.6 is 11.6 Å². The second-order valence-corrected chi connectivity index (χ2v) is 7.83. The maximum absolute atomic E-state index is 12.5. The van der Waals surface area contributed by atoms with Crippen LogP contribution in [0.1, 0.15) is 39.3 Å². The molecule has 0 bridgehead atoms. The van der Waals surface area contributed by atoms with Gasteiger partial charge in [0.2, 0.25) is 0 Å². The summed E-state index contributed by atoms with van der Waals surface area (Å²) < 4.78 is 6.47. The van der Waals surface area contributed by atoms with Gasteiger partial charge in [-0.3, -0.25) is 14.2 Å². The van der Waals surface area contributed by atoms with E-state index in [4.69, 9.17) is 21.4 Å². The first-order valence-electron chi connectivity index (χ1n) is 8.72. The van der Waals surface area contributed by atoms with Crippen LogP contribution in [0.25, 0.3) is 0 Å². The number of nitrogens with one attached hydrogen (secondary N) is 1. The predicted octanol–water partition coefficient (Wildman–Crippen LogP) is 2.10. The maximum Gasteiger partial charge on any atom is 0.410 e. The second kappa shape index (κ2) is 8.16. The third kappa shape index (κ3) is 5.35. The van der Waals surface area contributed by atoms with E-state index in [0.29, 0.717) is 6.54 Å². The lowest BCUT2D eigenvalue weighted by atomic mass is 10.2. The topological polar surface area (TPSA) is 114 Å². The van der Waals surface area contributed by atoms with Crippen molar-refractivity contribution in [3.05, 3.63) is 21.2 Å². The Balaban J connectivity index is 2.14. The van der Waals surface area contributed by atoms with Crippen molar-refractivity contribution in [2.45, 2.75) is 58.7 Å². The van der Waals surface area contributed by atoms with Crippen molar-refractivity contribution in [1.82, 2.24) is 14.5 Å². The van der Waals surface area contributed by atoms with Crippen molar-refractivity contribution >= 4 is 29.5 Å². The Morgan fingerprint density at radius 3 is 2.67 bits per heavy atom. The lowest BCUT2D eigenvalue weighted by Crippen LogP contribution is -2.43. The number of carboxylic acid groups (broad SMARTS) is 1. The number of hydrogen-bond donors (Lipinski definition) is 2. The summed E-state index contributed by atoms with van der Waals surface area (Å²) in [5, 5.41) is 11.9. The molecule has 1 aromatic heterocycles. The summed E-state index contributed by atoms with van der Waals surface area (Å²) in [5.41, 5.74) is -0.874. The summed E-state index contributed by atoms with van der Waals surface area (Å²) in [7, 11) is 0. The van der Waals surface area contributed by atoms with Crippen LogP contribution in [0.3, 0.4) is 0 Å². The van der Waals surface area contributed by atoms with Gasteiger partial charge in [-0.25, -0.2) is 9.78 Å². The number of aromatic nitrogens is 2. The van der Waals surface area contributed by atoms with Crippen LogP contribution in [0.4, 0.5) is 10.6 Å². The van der Waals surface area contributed by atoms with E-state index in [9.17, 15) is 14.4 Å². The van der Waals surface area contributed by atoms with Gasteiger partial charge in [-0.15, -0.1) is 0 Å². The Labute approximate surface area is 162 Å². The smallest absolute Gasteiger partial charge is 0.410 e. The molecule has 27 heavy (non-hydrogen) atoms. The number of likely N-dealkylation sites (tertiary alicyclic amines) is 1. The largest absolute Gasteiger partial charge is 0.480 e. The highest BCUT2D eigenvalue weighted by Gasteiger charge is 2.32. The van der Waals surface area contributed by atoms with Crippen molar-refractivity contribution in [3.63, 3.8) is 0 Å². The molecule has 0 saturated carbocycles. The van der Waals surface area contributed by atoms with Crippen LogP contribution in [0, 0.1) is 6.92 Å². The fraction of sp³-hybridized carbons (Fsp3) is 0.647. The van der Waals surface area contributed by atoms with Gasteiger partial charge in [0.1, 0.15) is 12.1 Å². The molecule has 1 aliphatic heterocycles. The third-order valence-electron chi connectivity index (χ3n) is 4.16. The number of aliphatic carboxylic acids is 1. The van der Waals surface area contributed by atoms with E-state index in [-0.39, 0.29) is 29.3 Å². The van der Waals surface area contributed by atoms with Gasteiger partial charge in [0, 0.05) is 13.1 Å². The van der Waals surface area contributed by atoms with Gasteiger partial charge in [0.25, 0.3) is 5.56 Å². The number of ether oxygens (including phenoxy) is 1. The van der Waals surface area contributed by atoms with Crippen molar-refractivity contribution in [2.24, 2.45) is 0 Å². The second-order valence-electron chi connectivity index (χ2n) is 7.47. The molecular weight excluding hydrogens is 376 g/mol. The fourth-order valence-corrected chi connectivity index (χ4v) is 3.07. The standard InChI is InChI=1S/C17H25ClN4O5/c1-10-13(18)20-14(15(25)22(10)9-12(23)24)19-8-11-6-5-7-21(11)16(26)27-17(2,3)4/h11H,5-9H2,1-4H3,(H,19,20)(H,23,24)/t11-/m0/s1. The lowest BCUT2D eigenvalue weighted by molar-refractivity contribution is -0.137. The van der Waals surface area contributed by atoms with Crippen molar-refractivity contribution < 1.29 is 19.4 Å². The molecule has 150 valence electrons. The molecule has 0 aliphatic carbocycles. The van der Waals surface area contributed by atoms with Crippen LogP contribution in [-0.2, 0) is 16.1 Å². The Morgan fingerprint density at radius 1 is 1.41 bits per heavy atom. The molecule has 9 nitrogen and oxygen atoms in total. The van der Waals surface area contributed by atoms with Gasteiger partial charge < -0.3 is 20.1 Å². The van der Waals surface area contributed by atoms with E-state index in [2.05, 4.69) is 10.3 Å². The zero-order chi connectivity index (χ0) is 20.4. The number of carbonyl (C=O) groups is 2. The van der Waals surface area contributed by atoms with Gasteiger partial charge >= 0.3 is 12.1 Å². The highest BCUT2D eigenvalue weighted by molar-refractivity contribution is 6.30. The molecule has 2 heterocycles. The molecule has 10 heteroatoms. The monoisotopic (exact) mass is 400 g/mol. The van der Waals surface area contributed by atoms with Gasteiger partial charge in [0.15, 0.2) is 11.0 Å². The molecule has 2 rings (SSSR count). The Kier molecular flexibility index (Phi) is 6.35. The summed E-state index contributed by atoms with van der Waals surface area (Å²) in [5.74, 6) is -1.19. The molecular formula is C17H25ClN4O5. The molecule has 1 aliphatic rings. The molecule has 1 atom stereocenters. The zero-order valence-corrected chi connectivity index (χ0v) is 16.7. The Hall–Kier alpha value is -2.29. The van der Waals surface area contributed by atoms with E-state index in [0.717, 1.165) is 17.4 Å².